The number of carbonyl (C=O) groups is 2. The first-order valence-corrected chi connectivity index (χ1v) is 7.07. The van der Waals surface area contributed by atoms with Gasteiger partial charge in [0.05, 0.1) is 20.1 Å². The first-order chi connectivity index (χ1) is 10.5. The molecule has 1 aromatic carbocycles. The molecule has 1 N–H and O–H groups in total. The van der Waals surface area contributed by atoms with Crippen molar-refractivity contribution >= 4 is 11.9 Å². The van der Waals surface area contributed by atoms with E-state index in [1.165, 1.54) is 6.92 Å². The van der Waals surface area contributed by atoms with Crippen molar-refractivity contribution < 1.29 is 23.8 Å². The fourth-order valence-corrected chi connectivity index (χ4v) is 1.91. The molecule has 0 spiro atoms. The van der Waals surface area contributed by atoms with Crippen molar-refractivity contribution in [3.05, 3.63) is 29.3 Å². The third kappa shape index (κ3) is 5.73. The van der Waals surface area contributed by atoms with Crippen LogP contribution in [-0.2, 0) is 25.5 Å². The van der Waals surface area contributed by atoms with Gasteiger partial charge in [0, 0.05) is 19.2 Å². The molecule has 6 nitrogen and oxygen atoms in total. The summed E-state index contributed by atoms with van der Waals surface area (Å²) in [5, 5.41) is 2.62. The van der Waals surface area contributed by atoms with Crippen LogP contribution in [0.1, 0.15) is 18.1 Å². The SMILES string of the molecule is COCCNC(=O)[C@@H](C)OC(=O)Cc1cc(C)ccc1OC. The third-order valence-corrected chi connectivity index (χ3v) is 3.05. The Morgan fingerprint density at radius 3 is 2.64 bits per heavy atom. The lowest BCUT2D eigenvalue weighted by Gasteiger charge is -2.14. The predicted molar refractivity (Wildman–Crippen MR) is 81.9 cm³/mol. The molecule has 1 atom stereocenters. The van der Waals surface area contributed by atoms with E-state index in [1.807, 2.05) is 19.1 Å². The minimum Gasteiger partial charge on any atom is -0.496 e. The van der Waals surface area contributed by atoms with Crippen molar-refractivity contribution in [3.8, 4) is 5.75 Å². The second-order valence-corrected chi connectivity index (χ2v) is 4.91. The zero-order valence-electron chi connectivity index (χ0n) is 13.5. The lowest BCUT2D eigenvalue weighted by molar-refractivity contribution is -0.154. The van der Waals surface area contributed by atoms with Gasteiger partial charge in [-0.1, -0.05) is 17.7 Å². The fraction of sp³-hybridized carbons (Fsp3) is 0.500. The molecule has 0 aromatic heterocycles. The van der Waals surface area contributed by atoms with Crippen LogP contribution in [0, 0.1) is 6.92 Å². The minimum absolute atomic E-state index is 0.0561. The number of aryl methyl sites for hydroxylation is 1. The molecule has 1 amide bonds. The monoisotopic (exact) mass is 309 g/mol. The van der Waals surface area contributed by atoms with E-state index in [2.05, 4.69) is 5.32 Å². The van der Waals surface area contributed by atoms with Gasteiger partial charge in [0.2, 0.25) is 0 Å². The first kappa shape index (κ1) is 18.0. The van der Waals surface area contributed by atoms with E-state index < -0.39 is 12.1 Å². The Bertz CT molecular complexity index is 515. The number of ether oxygens (including phenoxy) is 3. The van der Waals surface area contributed by atoms with Gasteiger partial charge in [-0.05, 0) is 19.9 Å². The van der Waals surface area contributed by atoms with Crippen molar-refractivity contribution in [2.24, 2.45) is 0 Å². The summed E-state index contributed by atoms with van der Waals surface area (Å²) in [6.45, 7) is 4.25. The number of nitrogens with one attached hydrogen (secondary N) is 1. The Hall–Kier alpha value is -2.08. The van der Waals surface area contributed by atoms with Gasteiger partial charge in [0.1, 0.15) is 5.75 Å². The summed E-state index contributed by atoms with van der Waals surface area (Å²) in [4.78, 5) is 23.7. The molecule has 0 heterocycles. The van der Waals surface area contributed by atoms with E-state index in [0.29, 0.717) is 18.9 Å². The second kappa shape index (κ2) is 9.04. The van der Waals surface area contributed by atoms with Crippen molar-refractivity contribution in [2.45, 2.75) is 26.4 Å². The molecular formula is C16H23NO5. The standard InChI is InChI=1S/C16H23NO5/c1-11-5-6-14(21-4)13(9-11)10-15(18)22-12(2)16(19)17-7-8-20-3/h5-6,9,12H,7-8,10H2,1-4H3,(H,17,19)/t12-/m1/s1. The molecule has 0 radical (unpaired) electrons. The molecule has 0 saturated heterocycles. The third-order valence-electron chi connectivity index (χ3n) is 3.05. The fourth-order valence-electron chi connectivity index (χ4n) is 1.91. The largest absolute Gasteiger partial charge is 0.496 e. The highest BCUT2D eigenvalue weighted by Crippen LogP contribution is 2.20. The normalized spacial score (nSPS) is 11.6. The molecule has 0 saturated carbocycles. The van der Waals surface area contributed by atoms with Gasteiger partial charge in [-0.3, -0.25) is 9.59 Å². The van der Waals surface area contributed by atoms with Crippen LogP contribution < -0.4 is 10.1 Å². The number of hydrogen-bond donors (Lipinski definition) is 1. The number of rotatable bonds is 8. The number of amides is 1. The minimum atomic E-state index is -0.847. The molecule has 0 bridgehead atoms. The predicted octanol–water partition coefficient (Wildman–Crippen LogP) is 1.24. The molecule has 0 aliphatic rings. The van der Waals surface area contributed by atoms with E-state index in [-0.39, 0.29) is 12.3 Å². The van der Waals surface area contributed by atoms with Crippen molar-refractivity contribution in [1.29, 1.82) is 0 Å². The van der Waals surface area contributed by atoms with Crippen LogP contribution in [0.5, 0.6) is 5.75 Å². The van der Waals surface area contributed by atoms with Gasteiger partial charge >= 0.3 is 5.97 Å². The van der Waals surface area contributed by atoms with Gasteiger partial charge in [0.25, 0.3) is 5.91 Å². The lowest BCUT2D eigenvalue weighted by atomic mass is 10.1. The Morgan fingerprint density at radius 2 is 2.00 bits per heavy atom. The van der Waals surface area contributed by atoms with Crippen LogP contribution in [0.3, 0.4) is 0 Å². The molecule has 1 rings (SSSR count). The summed E-state index contributed by atoms with van der Waals surface area (Å²) in [6.07, 6.45) is -0.791. The molecule has 1 aromatic rings. The Morgan fingerprint density at radius 1 is 1.27 bits per heavy atom. The van der Waals surface area contributed by atoms with Crippen LogP contribution in [0.15, 0.2) is 18.2 Å². The maximum atomic E-state index is 12.0. The quantitative estimate of drug-likeness (QED) is 0.578. The van der Waals surface area contributed by atoms with Crippen molar-refractivity contribution in [1.82, 2.24) is 5.32 Å². The number of carbonyl (C=O) groups excluding carboxylic acids is 2. The van der Waals surface area contributed by atoms with Crippen LogP contribution in [0.4, 0.5) is 0 Å². The second-order valence-electron chi connectivity index (χ2n) is 4.91. The molecule has 0 unspecified atom stereocenters. The number of hydrogen-bond acceptors (Lipinski definition) is 5. The lowest BCUT2D eigenvalue weighted by Crippen LogP contribution is -2.37. The van der Waals surface area contributed by atoms with Gasteiger partial charge in [-0.25, -0.2) is 0 Å². The van der Waals surface area contributed by atoms with Gasteiger partial charge in [-0.15, -0.1) is 0 Å². The topological polar surface area (TPSA) is 73.9 Å². The van der Waals surface area contributed by atoms with E-state index in [1.54, 1.807) is 20.3 Å². The van der Waals surface area contributed by atoms with Crippen molar-refractivity contribution in [3.63, 3.8) is 0 Å². The van der Waals surface area contributed by atoms with Crippen molar-refractivity contribution in [2.75, 3.05) is 27.4 Å². The number of esters is 1. The van der Waals surface area contributed by atoms with Crippen LogP contribution in [0.25, 0.3) is 0 Å². The van der Waals surface area contributed by atoms with E-state index >= 15 is 0 Å². The zero-order chi connectivity index (χ0) is 16.5. The van der Waals surface area contributed by atoms with Gasteiger partial charge in [0.15, 0.2) is 6.10 Å². The summed E-state index contributed by atoms with van der Waals surface area (Å²) in [5.41, 5.74) is 1.76. The maximum Gasteiger partial charge on any atom is 0.311 e. The Kier molecular flexibility index (Phi) is 7.39. The summed E-state index contributed by atoms with van der Waals surface area (Å²) in [6, 6.07) is 5.57. The maximum absolute atomic E-state index is 12.0. The number of methoxy groups -OCH3 is 2. The zero-order valence-corrected chi connectivity index (χ0v) is 13.5. The van der Waals surface area contributed by atoms with Gasteiger partial charge < -0.3 is 19.5 Å². The van der Waals surface area contributed by atoms with Gasteiger partial charge in [-0.2, -0.15) is 0 Å². The average molecular weight is 309 g/mol. The summed E-state index contributed by atoms with van der Waals surface area (Å²) in [7, 11) is 3.09. The molecule has 0 fully saturated rings. The smallest absolute Gasteiger partial charge is 0.311 e. The van der Waals surface area contributed by atoms with Crippen LogP contribution in [-0.4, -0.2) is 45.4 Å². The molecule has 6 heteroatoms. The summed E-state index contributed by atoms with van der Waals surface area (Å²) < 4.78 is 15.2. The summed E-state index contributed by atoms with van der Waals surface area (Å²) >= 11 is 0. The molecule has 0 aliphatic carbocycles. The number of benzene rings is 1. The molecule has 22 heavy (non-hydrogen) atoms. The van der Waals surface area contributed by atoms with E-state index in [4.69, 9.17) is 14.2 Å². The highest BCUT2D eigenvalue weighted by Gasteiger charge is 2.18. The van der Waals surface area contributed by atoms with Crippen LogP contribution >= 0.6 is 0 Å². The van der Waals surface area contributed by atoms with E-state index in [9.17, 15) is 9.59 Å². The molecule has 122 valence electrons. The van der Waals surface area contributed by atoms with Crippen LogP contribution in [0.2, 0.25) is 0 Å². The highest BCUT2D eigenvalue weighted by atomic mass is 16.5. The molecule has 0 aliphatic heterocycles. The highest BCUT2D eigenvalue weighted by molar-refractivity contribution is 5.84. The summed E-state index contributed by atoms with van der Waals surface area (Å²) in [5.74, 6) is -0.195. The Balaban J connectivity index is 2.55. The Labute approximate surface area is 130 Å². The first-order valence-electron chi connectivity index (χ1n) is 7.07. The average Bonchev–Trinajstić information content (AvgIpc) is 2.47. The molecular weight excluding hydrogens is 286 g/mol. The van der Waals surface area contributed by atoms with E-state index in [0.717, 1.165) is 11.1 Å².